The van der Waals surface area contributed by atoms with E-state index < -0.39 is 17.7 Å². The molecular formula is C13H19N3O4. The fourth-order valence-corrected chi connectivity index (χ4v) is 2.24. The molecule has 1 aliphatic heterocycles. The number of hydrogen-bond acceptors (Lipinski definition) is 4. The number of carboxylic acids is 1. The number of hydrogen-bond donors (Lipinski definition) is 1. The van der Waals surface area contributed by atoms with Gasteiger partial charge >= 0.3 is 12.1 Å². The third-order valence-corrected chi connectivity index (χ3v) is 3.14. The van der Waals surface area contributed by atoms with Crippen LogP contribution in [0.5, 0.6) is 0 Å². The van der Waals surface area contributed by atoms with E-state index in [9.17, 15) is 9.59 Å². The van der Waals surface area contributed by atoms with Crippen LogP contribution in [0.3, 0.4) is 0 Å². The second-order valence-electron chi connectivity index (χ2n) is 5.81. The minimum atomic E-state index is -1.01. The van der Waals surface area contributed by atoms with Crippen molar-refractivity contribution >= 4 is 12.1 Å². The highest BCUT2D eigenvalue weighted by Crippen LogP contribution is 2.26. The Labute approximate surface area is 117 Å². The van der Waals surface area contributed by atoms with Crippen LogP contribution in [-0.2, 0) is 11.3 Å². The standard InChI is InChI=1S/C13H19N3O4/c1-8-10-14-7-9(11(17)18)16(10)6-5-15(8)12(19)20-13(2,3)4/h7-8H,5-6H2,1-4H3,(H,17,18). The van der Waals surface area contributed by atoms with E-state index in [1.165, 1.54) is 6.20 Å². The molecule has 1 aliphatic rings. The molecule has 1 unspecified atom stereocenters. The Bertz CT molecular complexity index is 544. The number of rotatable bonds is 1. The summed E-state index contributed by atoms with van der Waals surface area (Å²) in [5, 5.41) is 9.08. The molecule has 1 amide bonds. The second-order valence-corrected chi connectivity index (χ2v) is 5.81. The van der Waals surface area contributed by atoms with Gasteiger partial charge in [-0.25, -0.2) is 14.6 Å². The summed E-state index contributed by atoms with van der Waals surface area (Å²) >= 11 is 0. The van der Waals surface area contributed by atoms with Gasteiger partial charge in [0.1, 0.15) is 17.1 Å². The van der Waals surface area contributed by atoms with Crippen molar-refractivity contribution in [2.75, 3.05) is 6.54 Å². The van der Waals surface area contributed by atoms with Crippen LogP contribution in [0.25, 0.3) is 0 Å². The van der Waals surface area contributed by atoms with Crippen LogP contribution < -0.4 is 0 Å². The SMILES string of the molecule is CC1c2ncc(C(=O)O)n2CCN1C(=O)OC(C)(C)C. The summed E-state index contributed by atoms with van der Waals surface area (Å²) in [5.74, 6) is -0.443. The summed E-state index contributed by atoms with van der Waals surface area (Å²) in [7, 11) is 0. The number of fused-ring (bicyclic) bond motifs is 1. The summed E-state index contributed by atoms with van der Waals surface area (Å²) in [5.41, 5.74) is -0.411. The predicted molar refractivity (Wildman–Crippen MR) is 70.5 cm³/mol. The van der Waals surface area contributed by atoms with Gasteiger partial charge in [0.15, 0.2) is 0 Å². The molecule has 7 heteroatoms. The molecule has 1 aromatic rings. The lowest BCUT2D eigenvalue weighted by molar-refractivity contribution is 0.0120. The minimum Gasteiger partial charge on any atom is -0.477 e. The smallest absolute Gasteiger partial charge is 0.410 e. The molecule has 0 aliphatic carbocycles. The molecule has 1 N–H and O–H groups in total. The van der Waals surface area contributed by atoms with Gasteiger partial charge in [0, 0.05) is 13.1 Å². The van der Waals surface area contributed by atoms with Crippen molar-refractivity contribution in [3.05, 3.63) is 17.7 Å². The van der Waals surface area contributed by atoms with Crippen LogP contribution >= 0.6 is 0 Å². The van der Waals surface area contributed by atoms with Crippen molar-refractivity contribution in [3.8, 4) is 0 Å². The topological polar surface area (TPSA) is 84.7 Å². The van der Waals surface area contributed by atoms with Crippen molar-refractivity contribution in [1.82, 2.24) is 14.5 Å². The maximum atomic E-state index is 12.1. The molecule has 1 atom stereocenters. The number of imidazole rings is 1. The van der Waals surface area contributed by atoms with E-state index in [0.717, 1.165) is 0 Å². The molecule has 2 heterocycles. The number of ether oxygens (including phenoxy) is 1. The first-order valence-corrected chi connectivity index (χ1v) is 6.49. The van der Waals surface area contributed by atoms with Gasteiger partial charge in [0.25, 0.3) is 0 Å². The van der Waals surface area contributed by atoms with Crippen LogP contribution in [-0.4, -0.2) is 43.8 Å². The first kappa shape index (κ1) is 14.4. The Hall–Kier alpha value is -2.05. The Kier molecular flexibility index (Phi) is 3.45. The van der Waals surface area contributed by atoms with Crippen LogP contribution in [0, 0.1) is 0 Å². The van der Waals surface area contributed by atoms with Crippen LogP contribution in [0.1, 0.15) is 50.0 Å². The fourth-order valence-electron chi connectivity index (χ4n) is 2.24. The maximum absolute atomic E-state index is 12.1. The number of carboxylic acid groups (broad SMARTS) is 1. The Morgan fingerprint density at radius 3 is 2.60 bits per heavy atom. The molecular weight excluding hydrogens is 262 g/mol. The summed E-state index contributed by atoms with van der Waals surface area (Å²) in [4.78, 5) is 28.9. The lowest BCUT2D eigenvalue weighted by Crippen LogP contribution is -2.44. The Morgan fingerprint density at radius 2 is 2.05 bits per heavy atom. The maximum Gasteiger partial charge on any atom is 0.410 e. The van der Waals surface area contributed by atoms with E-state index in [4.69, 9.17) is 9.84 Å². The molecule has 20 heavy (non-hydrogen) atoms. The van der Waals surface area contributed by atoms with Crippen molar-refractivity contribution in [3.63, 3.8) is 0 Å². The van der Waals surface area contributed by atoms with Gasteiger partial charge < -0.3 is 14.4 Å². The lowest BCUT2D eigenvalue weighted by atomic mass is 10.2. The number of aromatic nitrogens is 2. The second kappa shape index (κ2) is 4.81. The number of aromatic carboxylic acids is 1. The number of nitrogens with zero attached hydrogens (tertiary/aromatic N) is 3. The van der Waals surface area contributed by atoms with Crippen LogP contribution in [0.4, 0.5) is 4.79 Å². The molecule has 7 nitrogen and oxygen atoms in total. The van der Waals surface area contributed by atoms with Gasteiger partial charge in [-0.1, -0.05) is 0 Å². The van der Waals surface area contributed by atoms with Gasteiger partial charge in [-0.05, 0) is 27.7 Å². The Balaban J connectivity index is 2.22. The summed E-state index contributed by atoms with van der Waals surface area (Å²) in [6, 6.07) is -0.313. The van der Waals surface area contributed by atoms with Gasteiger partial charge in [-0.2, -0.15) is 0 Å². The van der Waals surface area contributed by atoms with E-state index in [1.54, 1.807) is 9.47 Å². The van der Waals surface area contributed by atoms with E-state index in [1.807, 2.05) is 27.7 Å². The van der Waals surface area contributed by atoms with Crippen molar-refractivity contribution in [2.45, 2.75) is 45.9 Å². The van der Waals surface area contributed by atoms with Crippen molar-refractivity contribution in [1.29, 1.82) is 0 Å². The summed E-state index contributed by atoms with van der Waals surface area (Å²) in [6.45, 7) is 8.04. The molecule has 1 aromatic heterocycles. The van der Waals surface area contributed by atoms with E-state index in [0.29, 0.717) is 18.9 Å². The third-order valence-electron chi connectivity index (χ3n) is 3.14. The zero-order valence-corrected chi connectivity index (χ0v) is 12.1. The zero-order chi connectivity index (χ0) is 15.1. The summed E-state index contributed by atoms with van der Waals surface area (Å²) in [6.07, 6.45) is 0.920. The molecule has 0 radical (unpaired) electrons. The predicted octanol–water partition coefficient (Wildman–Crippen LogP) is 1.89. The normalized spacial score (nSPS) is 18.6. The largest absolute Gasteiger partial charge is 0.477 e. The van der Waals surface area contributed by atoms with E-state index >= 15 is 0 Å². The number of carbonyl (C=O) groups excluding carboxylic acids is 1. The average Bonchev–Trinajstić information content (AvgIpc) is 2.71. The molecule has 0 spiro atoms. The highest BCUT2D eigenvalue weighted by molar-refractivity contribution is 5.85. The van der Waals surface area contributed by atoms with E-state index in [2.05, 4.69) is 4.98 Å². The molecule has 2 rings (SSSR count). The van der Waals surface area contributed by atoms with Gasteiger partial charge in [-0.15, -0.1) is 0 Å². The molecule has 0 bridgehead atoms. The number of carbonyl (C=O) groups is 2. The molecule has 0 aromatic carbocycles. The van der Waals surface area contributed by atoms with Crippen molar-refractivity contribution in [2.24, 2.45) is 0 Å². The summed E-state index contributed by atoms with van der Waals surface area (Å²) < 4.78 is 6.98. The molecule has 110 valence electrons. The van der Waals surface area contributed by atoms with Gasteiger partial charge in [-0.3, -0.25) is 4.90 Å². The average molecular weight is 281 g/mol. The first-order chi connectivity index (χ1) is 9.20. The van der Waals surface area contributed by atoms with E-state index in [-0.39, 0.29) is 11.7 Å². The van der Waals surface area contributed by atoms with Crippen LogP contribution in [0.15, 0.2) is 6.20 Å². The molecule has 0 saturated heterocycles. The molecule has 0 saturated carbocycles. The van der Waals surface area contributed by atoms with Crippen molar-refractivity contribution < 1.29 is 19.4 Å². The van der Waals surface area contributed by atoms with Crippen LogP contribution in [0.2, 0.25) is 0 Å². The molecule has 0 fully saturated rings. The zero-order valence-electron chi connectivity index (χ0n) is 12.1. The monoisotopic (exact) mass is 281 g/mol. The number of amides is 1. The highest BCUT2D eigenvalue weighted by Gasteiger charge is 2.33. The van der Waals surface area contributed by atoms with Gasteiger partial charge in [0.2, 0.25) is 0 Å². The minimum absolute atomic E-state index is 0.149. The first-order valence-electron chi connectivity index (χ1n) is 6.49. The Morgan fingerprint density at radius 1 is 1.40 bits per heavy atom. The lowest BCUT2D eigenvalue weighted by Gasteiger charge is -2.35. The third kappa shape index (κ3) is 2.61. The fraction of sp³-hybridized carbons (Fsp3) is 0.615. The quantitative estimate of drug-likeness (QED) is 0.849. The highest BCUT2D eigenvalue weighted by atomic mass is 16.6. The van der Waals surface area contributed by atoms with Gasteiger partial charge in [0.05, 0.1) is 12.2 Å².